The largest absolute Gasteiger partial charge is 0.331 e. The highest BCUT2D eigenvalue weighted by Gasteiger charge is 2.22. The van der Waals surface area contributed by atoms with Crippen LogP contribution in [0.1, 0.15) is 79.3 Å². The van der Waals surface area contributed by atoms with Crippen molar-refractivity contribution in [3.8, 4) is 0 Å². The molecule has 0 atom stereocenters. The second-order valence-corrected chi connectivity index (χ2v) is 8.26. The number of carbonyl (C=O) groups is 2. The molecule has 1 heterocycles. The molecule has 1 aromatic heterocycles. The average Bonchev–Trinajstić information content (AvgIpc) is 2.90. The molecule has 6 nitrogen and oxygen atoms in total. The van der Waals surface area contributed by atoms with Crippen molar-refractivity contribution < 1.29 is 9.59 Å². The molecule has 0 bridgehead atoms. The molecule has 0 radical (unpaired) electrons. The second kappa shape index (κ2) is 9.74. The van der Waals surface area contributed by atoms with Gasteiger partial charge in [0.2, 0.25) is 11.8 Å². The Balaban J connectivity index is 2.68. The highest BCUT2D eigenvalue weighted by molar-refractivity contribution is 5.94. The second-order valence-electron chi connectivity index (χ2n) is 8.26. The first-order valence-corrected chi connectivity index (χ1v) is 9.70. The minimum Gasteiger partial charge on any atom is -0.331 e. The third-order valence-electron chi connectivity index (χ3n) is 4.42. The fourth-order valence-corrected chi connectivity index (χ4v) is 2.69. The number of hydrogen-bond acceptors (Lipinski definition) is 3. The molecule has 0 saturated carbocycles. The van der Waals surface area contributed by atoms with E-state index < -0.39 is 0 Å². The van der Waals surface area contributed by atoms with Crippen LogP contribution < -0.4 is 5.32 Å². The van der Waals surface area contributed by atoms with Gasteiger partial charge >= 0.3 is 0 Å². The Bertz CT molecular complexity index is 599. The van der Waals surface area contributed by atoms with Gasteiger partial charge in [-0.25, -0.2) is 0 Å². The van der Waals surface area contributed by atoms with E-state index in [2.05, 4.69) is 38.1 Å². The van der Waals surface area contributed by atoms with Gasteiger partial charge in [-0.2, -0.15) is 5.10 Å². The van der Waals surface area contributed by atoms with Gasteiger partial charge in [-0.15, -0.1) is 0 Å². The molecule has 0 aliphatic rings. The predicted molar refractivity (Wildman–Crippen MR) is 106 cm³/mol. The van der Waals surface area contributed by atoms with Crippen LogP contribution in [0.4, 0.5) is 5.82 Å². The summed E-state index contributed by atoms with van der Waals surface area (Å²) in [5.41, 5.74) is 0.835. The van der Waals surface area contributed by atoms with Gasteiger partial charge < -0.3 is 10.2 Å². The Labute approximate surface area is 158 Å². The van der Waals surface area contributed by atoms with Crippen molar-refractivity contribution in [2.45, 2.75) is 85.1 Å². The van der Waals surface area contributed by atoms with Gasteiger partial charge in [0.05, 0.1) is 5.69 Å². The van der Waals surface area contributed by atoms with Gasteiger partial charge in [0.15, 0.2) is 0 Å². The van der Waals surface area contributed by atoms with Crippen LogP contribution in [-0.2, 0) is 22.1 Å². The topological polar surface area (TPSA) is 67.2 Å². The molecule has 0 unspecified atom stereocenters. The summed E-state index contributed by atoms with van der Waals surface area (Å²) in [6, 6.07) is 1.89. The van der Waals surface area contributed by atoms with Crippen LogP contribution in [0.5, 0.6) is 0 Å². The first-order valence-electron chi connectivity index (χ1n) is 9.70. The minimum absolute atomic E-state index is 0.00361. The SMILES string of the molecule is CCCCCCC(=O)N(CC(=O)Nc1cc(C(C)(C)C)nn1C)C(C)C. The first kappa shape index (κ1) is 22.2. The fraction of sp³-hybridized carbons (Fsp3) is 0.750. The summed E-state index contributed by atoms with van der Waals surface area (Å²) in [6.45, 7) is 12.4. The van der Waals surface area contributed by atoms with Crippen LogP contribution in [-0.4, -0.2) is 39.1 Å². The Morgan fingerprint density at radius 3 is 2.38 bits per heavy atom. The molecular weight excluding hydrogens is 328 g/mol. The standard InChI is InChI=1S/C20H36N4O2/c1-8-9-10-11-12-19(26)24(15(2)3)14-18(25)21-17-13-16(20(4,5)6)22-23(17)7/h13,15H,8-12,14H2,1-7H3,(H,21,25). The van der Waals surface area contributed by atoms with E-state index in [1.54, 1.807) is 9.58 Å². The number of amides is 2. The van der Waals surface area contributed by atoms with E-state index in [0.717, 1.165) is 31.4 Å². The number of nitrogens with one attached hydrogen (secondary N) is 1. The van der Waals surface area contributed by atoms with Crippen LogP contribution in [0.25, 0.3) is 0 Å². The molecule has 0 aliphatic carbocycles. The molecular formula is C20H36N4O2. The summed E-state index contributed by atoms with van der Waals surface area (Å²) < 4.78 is 1.67. The van der Waals surface area contributed by atoms with E-state index in [9.17, 15) is 9.59 Å². The lowest BCUT2D eigenvalue weighted by molar-refractivity contribution is -0.136. The molecule has 26 heavy (non-hydrogen) atoms. The van der Waals surface area contributed by atoms with E-state index in [4.69, 9.17) is 0 Å². The van der Waals surface area contributed by atoms with E-state index in [0.29, 0.717) is 12.2 Å². The van der Waals surface area contributed by atoms with Gasteiger partial charge in [0, 0.05) is 31.0 Å². The highest BCUT2D eigenvalue weighted by atomic mass is 16.2. The average molecular weight is 365 g/mol. The molecule has 1 aromatic rings. The van der Waals surface area contributed by atoms with Crippen molar-refractivity contribution in [3.63, 3.8) is 0 Å². The van der Waals surface area contributed by atoms with Crippen molar-refractivity contribution in [2.24, 2.45) is 7.05 Å². The summed E-state index contributed by atoms with van der Waals surface area (Å²) in [6.07, 6.45) is 4.74. The van der Waals surface area contributed by atoms with Crippen LogP contribution in [0.2, 0.25) is 0 Å². The molecule has 0 aromatic carbocycles. The summed E-state index contributed by atoms with van der Waals surface area (Å²) in [7, 11) is 1.81. The van der Waals surface area contributed by atoms with Crippen LogP contribution in [0.15, 0.2) is 6.07 Å². The number of unbranched alkanes of at least 4 members (excludes halogenated alkanes) is 3. The van der Waals surface area contributed by atoms with Gasteiger partial charge in [-0.3, -0.25) is 14.3 Å². The Hall–Kier alpha value is -1.85. The smallest absolute Gasteiger partial charge is 0.245 e. The zero-order valence-electron chi connectivity index (χ0n) is 17.6. The Morgan fingerprint density at radius 2 is 1.88 bits per heavy atom. The first-order chi connectivity index (χ1) is 12.1. The monoisotopic (exact) mass is 364 g/mol. The van der Waals surface area contributed by atoms with Crippen LogP contribution >= 0.6 is 0 Å². The Morgan fingerprint density at radius 1 is 1.23 bits per heavy atom. The van der Waals surface area contributed by atoms with E-state index >= 15 is 0 Å². The van der Waals surface area contributed by atoms with E-state index in [1.807, 2.05) is 27.0 Å². The third-order valence-corrected chi connectivity index (χ3v) is 4.42. The Kier molecular flexibility index (Phi) is 8.31. The summed E-state index contributed by atoms with van der Waals surface area (Å²) >= 11 is 0. The molecule has 1 rings (SSSR count). The van der Waals surface area contributed by atoms with Crippen molar-refractivity contribution in [3.05, 3.63) is 11.8 Å². The van der Waals surface area contributed by atoms with E-state index in [1.165, 1.54) is 0 Å². The number of rotatable bonds is 9. The molecule has 2 amide bonds. The zero-order valence-corrected chi connectivity index (χ0v) is 17.6. The molecule has 6 heteroatoms. The molecule has 0 aliphatic heterocycles. The number of hydrogen-bond donors (Lipinski definition) is 1. The molecule has 0 spiro atoms. The number of aryl methyl sites for hydroxylation is 1. The number of aromatic nitrogens is 2. The van der Waals surface area contributed by atoms with Gasteiger partial charge in [0.1, 0.15) is 12.4 Å². The lowest BCUT2D eigenvalue weighted by atomic mass is 9.92. The molecule has 0 fully saturated rings. The molecule has 1 N–H and O–H groups in total. The molecule has 148 valence electrons. The zero-order chi connectivity index (χ0) is 19.9. The summed E-state index contributed by atoms with van der Waals surface area (Å²) in [5, 5.41) is 7.35. The summed E-state index contributed by atoms with van der Waals surface area (Å²) in [4.78, 5) is 26.6. The van der Waals surface area contributed by atoms with Crippen LogP contribution in [0.3, 0.4) is 0 Å². The van der Waals surface area contributed by atoms with Gasteiger partial charge in [-0.1, -0.05) is 47.0 Å². The quantitative estimate of drug-likeness (QED) is 0.677. The number of carbonyl (C=O) groups excluding carboxylic acids is 2. The van der Waals surface area contributed by atoms with Crippen molar-refractivity contribution >= 4 is 17.6 Å². The minimum atomic E-state index is -0.191. The van der Waals surface area contributed by atoms with Crippen molar-refractivity contribution in [1.82, 2.24) is 14.7 Å². The maximum atomic E-state index is 12.5. The maximum absolute atomic E-state index is 12.5. The number of nitrogens with zero attached hydrogens (tertiary/aromatic N) is 3. The predicted octanol–water partition coefficient (Wildman–Crippen LogP) is 3.86. The van der Waals surface area contributed by atoms with Crippen molar-refractivity contribution in [1.29, 1.82) is 0 Å². The van der Waals surface area contributed by atoms with Crippen molar-refractivity contribution in [2.75, 3.05) is 11.9 Å². The lowest BCUT2D eigenvalue weighted by Crippen LogP contribution is -2.42. The third kappa shape index (κ3) is 6.81. The van der Waals surface area contributed by atoms with E-state index in [-0.39, 0.29) is 29.8 Å². The number of anilines is 1. The highest BCUT2D eigenvalue weighted by Crippen LogP contribution is 2.23. The molecule has 0 saturated heterocycles. The normalized spacial score (nSPS) is 11.7. The van der Waals surface area contributed by atoms with Gasteiger partial charge in [-0.05, 0) is 20.3 Å². The summed E-state index contributed by atoms with van der Waals surface area (Å²) in [5.74, 6) is 0.509. The lowest BCUT2D eigenvalue weighted by Gasteiger charge is -2.26. The maximum Gasteiger partial charge on any atom is 0.245 e. The van der Waals surface area contributed by atoms with Crippen LogP contribution in [0, 0.1) is 0 Å². The van der Waals surface area contributed by atoms with Gasteiger partial charge in [0.25, 0.3) is 0 Å². The fourth-order valence-electron chi connectivity index (χ4n) is 2.69.